The highest BCUT2D eigenvalue weighted by molar-refractivity contribution is 5.76. The number of carbonyl (C=O) groups is 1. The summed E-state index contributed by atoms with van der Waals surface area (Å²) in [6, 6.07) is 0.232. The Morgan fingerprint density at radius 2 is 2.12 bits per heavy atom. The summed E-state index contributed by atoms with van der Waals surface area (Å²) < 4.78 is 5.70. The first-order valence-electron chi connectivity index (χ1n) is 6.65. The van der Waals surface area contributed by atoms with Gasteiger partial charge in [-0.3, -0.25) is 4.79 Å². The monoisotopic (exact) mass is 240 g/mol. The molecule has 1 aliphatic heterocycles. The van der Waals surface area contributed by atoms with Crippen LogP contribution in [0.4, 0.5) is 0 Å². The van der Waals surface area contributed by atoms with Gasteiger partial charge < -0.3 is 15.8 Å². The van der Waals surface area contributed by atoms with Crippen LogP contribution in [-0.2, 0) is 9.53 Å². The lowest BCUT2D eigenvalue weighted by atomic mass is 9.99. The minimum atomic E-state index is -0.264. The highest BCUT2D eigenvalue weighted by Crippen LogP contribution is 2.38. The largest absolute Gasteiger partial charge is 0.376 e. The van der Waals surface area contributed by atoms with Crippen molar-refractivity contribution in [2.24, 2.45) is 11.7 Å². The zero-order valence-corrected chi connectivity index (χ0v) is 10.9. The quantitative estimate of drug-likeness (QED) is 0.758. The summed E-state index contributed by atoms with van der Waals surface area (Å²) in [5.74, 6) is 0.804. The molecule has 0 spiro atoms. The van der Waals surface area contributed by atoms with Gasteiger partial charge in [-0.15, -0.1) is 0 Å². The van der Waals surface area contributed by atoms with Crippen LogP contribution in [0.25, 0.3) is 0 Å². The van der Waals surface area contributed by atoms with E-state index in [4.69, 9.17) is 10.5 Å². The molecule has 3 N–H and O–H groups in total. The highest BCUT2D eigenvalue weighted by Gasteiger charge is 2.41. The molecule has 0 aromatic heterocycles. The van der Waals surface area contributed by atoms with E-state index in [1.807, 2.05) is 13.8 Å². The van der Waals surface area contributed by atoms with Crippen molar-refractivity contribution in [2.45, 2.75) is 63.6 Å². The molecule has 0 radical (unpaired) electrons. The van der Waals surface area contributed by atoms with E-state index in [2.05, 4.69) is 5.32 Å². The number of hydrogen-bond donors (Lipinski definition) is 2. The maximum absolute atomic E-state index is 11.8. The number of ether oxygens (including phenoxy) is 1. The number of carbonyl (C=O) groups excluding carboxylic acids is 1. The van der Waals surface area contributed by atoms with Crippen LogP contribution in [0.5, 0.6) is 0 Å². The van der Waals surface area contributed by atoms with Crippen molar-refractivity contribution in [1.82, 2.24) is 5.32 Å². The average Bonchev–Trinajstić information content (AvgIpc) is 2.97. The van der Waals surface area contributed by atoms with Crippen molar-refractivity contribution in [1.29, 1.82) is 0 Å². The molecule has 1 heterocycles. The summed E-state index contributed by atoms with van der Waals surface area (Å²) >= 11 is 0. The Bertz CT molecular complexity index is 282. The van der Waals surface area contributed by atoms with Gasteiger partial charge in [0, 0.05) is 18.6 Å². The van der Waals surface area contributed by atoms with Gasteiger partial charge in [-0.25, -0.2) is 0 Å². The number of rotatable bonds is 5. The molecule has 2 aliphatic rings. The van der Waals surface area contributed by atoms with E-state index in [0.29, 0.717) is 12.3 Å². The standard InChI is InChI=1S/C13H24N2O2/c1-13(2,14)7-5-11(16)15-10-6-8-17-12(10)9-3-4-9/h9-10,12H,3-8,14H2,1-2H3,(H,15,16). The molecular weight excluding hydrogens is 216 g/mol. The van der Waals surface area contributed by atoms with Crippen molar-refractivity contribution in [3.63, 3.8) is 0 Å². The summed E-state index contributed by atoms with van der Waals surface area (Å²) in [7, 11) is 0. The van der Waals surface area contributed by atoms with E-state index < -0.39 is 0 Å². The van der Waals surface area contributed by atoms with Gasteiger partial charge in [0.2, 0.25) is 5.91 Å². The fourth-order valence-electron chi connectivity index (χ4n) is 2.37. The molecule has 1 amide bonds. The molecule has 1 saturated carbocycles. The van der Waals surface area contributed by atoms with Crippen molar-refractivity contribution in [3.8, 4) is 0 Å². The van der Waals surface area contributed by atoms with Crippen LogP contribution in [0.3, 0.4) is 0 Å². The fourth-order valence-corrected chi connectivity index (χ4v) is 2.37. The molecule has 2 rings (SSSR count). The second-order valence-electron chi connectivity index (χ2n) is 6.12. The topological polar surface area (TPSA) is 64.4 Å². The van der Waals surface area contributed by atoms with Gasteiger partial charge in [0.05, 0.1) is 12.1 Å². The van der Waals surface area contributed by atoms with Crippen molar-refractivity contribution >= 4 is 5.91 Å². The molecule has 1 aliphatic carbocycles. The van der Waals surface area contributed by atoms with Gasteiger partial charge >= 0.3 is 0 Å². The van der Waals surface area contributed by atoms with Gasteiger partial charge in [0.15, 0.2) is 0 Å². The van der Waals surface area contributed by atoms with Crippen LogP contribution in [0.2, 0.25) is 0 Å². The van der Waals surface area contributed by atoms with Crippen LogP contribution >= 0.6 is 0 Å². The fraction of sp³-hybridized carbons (Fsp3) is 0.923. The first-order valence-corrected chi connectivity index (χ1v) is 6.65. The molecule has 0 aromatic carbocycles. The van der Waals surface area contributed by atoms with Crippen molar-refractivity contribution < 1.29 is 9.53 Å². The van der Waals surface area contributed by atoms with Crippen LogP contribution in [0.15, 0.2) is 0 Å². The highest BCUT2D eigenvalue weighted by atomic mass is 16.5. The van der Waals surface area contributed by atoms with Crippen LogP contribution in [0.1, 0.15) is 46.0 Å². The molecule has 2 fully saturated rings. The molecule has 2 unspecified atom stereocenters. The molecule has 98 valence electrons. The molecule has 4 nitrogen and oxygen atoms in total. The second kappa shape index (κ2) is 4.94. The molecule has 4 heteroatoms. The van der Waals surface area contributed by atoms with E-state index in [1.165, 1.54) is 12.8 Å². The number of nitrogens with one attached hydrogen (secondary N) is 1. The van der Waals surface area contributed by atoms with Crippen LogP contribution in [-0.4, -0.2) is 30.2 Å². The van der Waals surface area contributed by atoms with Crippen LogP contribution < -0.4 is 11.1 Å². The van der Waals surface area contributed by atoms with E-state index >= 15 is 0 Å². The third-order valence-corrected chi connectivity index (χ3v) is 3.57. The zero-order chi connectivity index (χ0) is 12.5. The van der Waals surface area contributed by atoms with Crippen molar-refractivity contribution in [3.05, 3.63) is 0 Å². The number of nitrogens with two attached hydrogens (primary N) is 1. The summed E-state index contributed by atoms with van der Waals surface area (Å²) in [4.78, 5) is 11.8. The maximum atomic E-state index is 11.8. The molecular formula is C13H24N2O2. The van der Waals surface area contributed by atoms with E-state index in [0.717, 1.165) is 19.4 Å². The zero-order valence-electron chi connectivity index (χ0n) is 10.9. The predicted molar refractivity (Wildman–Crippen MR) is 66.5 cm³/mol. The van der Waals surface area contributed by atoms with E-state index in [9.17, 15) is 4.79 Å². The Kier molecular flexibility index (Phi) is 3.73. The molecule has 17 heavy (non-hydrogen) atoms. The summed E-state index contributed by atoms with van der Waals surface area (Å²) in [6.07, 6.45) is 4.97. The first kappa shape index (κ1) is 12.8. The minimum absolute atomic E-state index is 0.115. The third-order valence-electron chi connectivity index (χ3n) is 3.57. The normalized spacial score (nSPS) is 29.4. The maximum Gasteiger partial charge on any atom is 0.220 e. The number of amides is 1. The summed E-state index contributed by atoms with van der Waals surface area (Å²) in [5, 5.41) is 3.10. The molecule has 0 bridgehead atoms. The molecule has 2 atom stereocenters. The lowest BCUT2D eigenvalue weighted by Crippen LogP contribution is -2.42. The van der Waals surface area contributed by atoms with Gasteiger partial charge in [0.25, 0.3) is 0 Å². The van der Waals surface area contributed by atoms with Gasteiger partial charge in [0.1, 0.15) is 0 Å². The Morgan fingerprint density at radius 3 is 2.71 bits per heavy atom. The summed E-state index contributed by atoms with van der Waals surface area (Å²) in [5.41, 5.74) is 5.61. The average molecular weight is 240 g/mol. The van der Waals surface area contributed by atoms with Gasteiger partial charge in [-0.1, -0.05) is 0 Å². The minimum Gasteiger partial charge on any atom is -0.376 e. The Balaban J connectivity index is 1.74. The van der Waals surface area contributed by atoms with Crippen LogP contribution in [0, 0.1) is 5.92 Å². The Labute approximate surface area is 103 Å². The van der Waals surface area contributed by atoms with Gasteiger partial charge in [-0.2, -0.15) is 0 Å². The first-order chi connectivity index (χ1) is 7.96. The Hall–Kier alpha value is -0.610. The van der Waals surface area contributed by atoms with E-state index in [1.54, 1.807) is 0 Å². The summed E-state index contributed by atoms with van der Waals surface area (Å²) in [6.45, 7) is 4.69. The molecule has 0 aromatic rings. The smallest absolute Gasteiger partial charge is 0.220 e. The van der Waals surface area contributed by atoms with Crippen molar-refractivity contribution in [2.75, 3.05) is 6.61 Å². The SMILES string of the molecule is CC(C)(N)CCC(=O)NC1CCOC1C1CC1. The lowest BCUT2D eigenvalue weighted by molar-refractivity contribution is -0.122. The molecule has 1 saturated heterocycles. The number of hydrogen-bond acceptors (Lipinski definition) is 3. The third kappa shape index (κ3) is 3.96. The predicted octanol–water partition coefficient (Wildman–Crippen LogP) is 1.19. The Morgan fingerprint density at radius 1 is 1.41 bits per heavy atom. The van der Waals surface area contributed by atoms with Gasteiger partial charge in [-0.05, 0) is 45.4 Å². The van der Waals surface area contributed by atoms with E-state index in [-0.39, 0.29) is 23.6 Å². The lowest BCUT2D eigenvalue weighted by Gasteiger charge is -2.21. The second-order valence-corrected chi connectivity index (χ2v) is 6.12.